The molecular formula is C16H22Cl2N2S. The number of nitrogens with one attached hydrogen (secondary N) is 1. The molecule has 0 fully saturated rings. The molecule has 2 unspecified atom stereocenters. The summed E-state index contributed by atoms with van der Waals surface area (Å²) < 4.78 is 0. The first-order valence-electron chi connectivity index (χ1n) is 7.19. The standard InChI is InChI=1S/C16H22Cl2N2S/c1-10(12-6-5-11(17)9-13(12)18)19-15-20-14(7-8-21-15)16(2,3)4/h5-6,9-10,14H,7-8H2,1-4H3,(H,19,20). The van der Waals surface area contributed by atoms with Crippen molar-refractivity contribution in [3.8, 4) is 0 Å². The Labute approximate surface area is 141 Å². The quantitative estimate of drug-likeness (QED) is 0.760. The number of hydrogen-bond acceptors (Lipinski definition) is 3. The lowest BCUT2D eigenvalue weighted by Crippen LogP contribution is -2.34. The molecule has 2 nitrogen and oxygen atoms in total. The van der Waals surface area contributed by atoms with E-state index >= 15 is 0 Å². The van der Waals surface area contributed by atoms with Crippen LogP contribution in [0.25, 0.3) is 0 Å². The lowest BCUT2D eigenvalue weighted by Gasteiger charge is -2.32. The molecule has 1 aliphatic rings. The first-order valence-corrected chi connectivity index (χ1v) is 8.93. The van der Waals surface area contributed by atoms with E-state index in [2.05, 4.69) is 33.0 Å². The molecule has 1 N–H and O–H groups in total. The van der Waals surface area contributed by atoms with Crippen molar-refractivity contribution in [1.29, 1.82) is 0 Å². The van der Waals surface area contributed by atoms with Gasteiger partial charge in [-0.1, -0.05) is 61.8 Å². The Hall–Kier alpha value is -0.380. The fourth-order valence-electron chi connectivity index (χ4n) is 2.33. The number of amidine groups is 1. The van der Waals surface area contributed by atoms with Gasteiger partial charge in [-0.2, -0.15) is 0 Å². The molecule has 1 heterocycles. The number of rotatable bonds is 2. The molecule has 0 saturated carbocycles. The zero-order valence-corrected chi connectivity index (χ0v) is 15.2. The Morgan fingerprint density at radius 3 is 2.67 bits per heavy atom. The van der Waals surface area contributed by atoms with Gasteiger partial charge in [-0.15, -0.1) is 0 Å². The predicted molar refractivity (Wildman–Crippen MR) is 95.8 cm³/mol. The maximum Gasteiger partial charge on any atom is 0.157 e. The Kier molecular flexibility index (Phi) is 5.50. The fraction of sp³-hybridized carbons (Fsp3) is 0.562. The van der Waals surface area contributed by atoms with Gasteiger partial charge in [-0.3, -0.25) is 4.99 Å². The van der Waals surface area contributed by atoms with E-state index in [0.717, 1.165) is 22.9 Å². The summed E-state index contributed by atoms with van der Waals surface area (Å²) in [6, 6.07) is 6.10. The molecule has 0 saturated heterocycles. The highest BCUT2D eigenvalue weighted by atomic mass is 35.5. The Morgan fingerprint density at radius 2 is 2.05 bits per heavy atom. The number of hydrogen-bond donors (Lipinski definition) is 1. The van der Waals surface area contributed by atoms with Crippen LogP contribution in [0.1, 0.15) is 45.7 Å². The van der Waals surface area contributed by atoms with Crippen molar-refractivity contribution >= 4 is 40.1 Å². The summed E-state index contributed by atoms with van der Waals surface area (Å²) in [5.41, 5.74) is 1.25. The molecule has 0 spiro atoms. The third kappa shape index (κ3) is 4.54. The van der Waals surface area contributed by atoms with Crippen LogP contribution >= 0.6 is 35.0 Å². The average Bonchev–Trinajstić information content (AvgIpc) is 2.37. The molecule has 116 valence electrons. The van der Waals surface area contributed by atoms with E-state index in [0.29, 0.717) is 16.1 Å². The minimum Gasteiger partial charge on any atom is -0.358 e. The van der Waals surface area contributed by atoms with Crippen LogP contribution in [0.15, 0.2) is 23.2 Å². The maximum absolute atomic E-state index is 6.27. The van der Waals surface area contributed by atoms with Crippen LogP contribution in [0.5, 0.6) is 0 Å². The van der Waals surface area contributed by atoms with Gasteiger partial charge in [0.05, 0.1) is 12.1 Å². The van der Waals surface area contributed by atoms with Crippen molar-refractivity contribution in [2.24, 2.45) is 10.4 Å². The molecule has 1 aliphatic heterocycles. The largest absolute Gasteiger partial charge is 0.358 e. The van der Waals surface area contributed by atoms with Crippen molar-refractivity contribution in [3.05, 3.63) is 33.8 Å². The minimum absolute atomic E-state index is 0.111. The monoisotopic (exact) mass is 344 g/mol. The van der Waals surface area contributed by atoms with Crippen molar-refractivity contribution in [2.45, 2.75) is 46.2 Å². The second-order valence-electron chi connectivity index (χ2n) is 6.49. The summed E-state index contributed by atoms with van der Waals surface area (Å²) in [5.74, 6) is 1.11. The minimum atomic E-state index is 0.111. The lowest BCUT2D eigenvalue weighted by molar-refractivity contribution is 0.315. The normalized spacial score (nSPS) is 20.9. The van der Waals surface area contributed by atoms with Gasteiger partial charge in [-0.25, -0.2) is 0 Å². The molecule has 2 atom stereocenters. The molecule has 0 aromatic heterocycles. The van der Waals surface area contributed by atoms with Crippen LogP contribution in [-0.4, -0.2) is 17.0 Å². The summed E-state index contributed by atoms with van der Waals surface area (Å²) in [4.78, 5) is 4.87. The molecule has 0 aliphatic carbocycles. The van der Waals surface area contributed by atoms with E-state index < -0.39 is 0 Å². The van der Waals surface area contributed by atoms with Gasteiger partial charge in [0.2, 0.25) is 0 Å². The van der Waals surface area contributed by atoms with Gasteiger partial charge in [-0.05, 0) is 36.5 Å². The van der Waals surface area contributed by atoms with Gasteiger partial charge in [0.25, 0.3) is 0 Å². The SMILES string of the molecule is CC(NC1=NC(C(C)(C)C)CCS1)c1ccc(Cl)cc1Cl. The number of halogens is 2. The van der Waals surface area contributed by atoms with E-state index in [1.165, 1.54) is 0 Å². The summed E-state index contributed by atoms with van der Waals surface area (Å²) in [7, 11) is 0. The third-order valence-electron chi connectivity index (χ3n) is 3.67. The van der Waals surface area contributed by atoms with E-state index in [1.54, 1.807) is 17.8 Å². The Balaban J connectivity index is 2.11. The molecular weight excluding hydrogens is 323 g/mol. The van der Waals surface area contributed by atoms with Crippen molar-refractivity contribution in [2.75, 3.05) is 5.75 Å². The van der Waals surface area contributed by atoms with Crippen molar-refractivity contribution in [3.63, 3.8) is 0 Å². The van der Waals surface area contributed by atoms with Gasteiger partial charge < -0.3 is 5.32 Å². The molecule has 1 aromatic carbocycles. The van der Waals surface area contributed by atoms with Crippen molar-refractivity contribution in [1.82, 2.24) is 5.32 Å². The second-order valence-corrected chi connectivity index (χ2v) is 8.41. The Morgan fingerprint density at radius 1 is 1.33 bits per heavy atom. The van der Waals surface area contributed by atoms with E-state index in [4.69, 9.17) is 28.2 Å². The average molecular weight is 345 g/mol. The molecule has 0 amide bonds. The highest BCUT2D eigenvalue weighted by Gasteiger charge is 2.27. The van der Waals surface area contributed by atoms with Crippen LogP contribution in [-0.2, 0) is 0 Å². The van der Waals surface area contributed by atoms with E-state index in [9.17, 15) is 0 Å². The first kappa shape index (κ1) is 17.0. The smallest absolute Gasteiger partial charge is 0.157 e. The maximum atomic E-state index is 6.27. The van der Waals surface area contributed by atoms with Crippen LogP contribution in [0.2, 0.25) is 10.0 Å². The summed E-state index contributed by atoms with van der Waals surface area (Å²) in [5, 5.41) is 5.85. The van der Waals surface area contributed by atoms with Crippen LogP contribution < -0.4 is 5.32 Å². The van der Waals surface area contributed by atoms with E-state index in [1.807, 2.05) is 12.1 Å². The van der Waals surface area contributed by atoms with Gasteiger partial charge in [0.15, 0.2) is 5.17 Å². The number of nitrogens with zero attached hydrogens (tertiary/aromatic N) is 1. The lowest BCUT2D eigenvalue weighted by atomic mass is 9.85. The van der Waals surface area contributed by atoms with Gasteiger partial charge in [0, 0.05) is 15.8 Å². The number of benzene rings is 1. The van der Waals surface area contributed by atoms with Gasteiger partial charge >= 0.3 is 0 Å². The molecule has 5 heteroatoms. The molecule has 21 heavy (non-hydrogen) atoms. The topological polar surface area (TPSA) is 24.4 Å². The highest BCUT2D eigenvalue weighted by Crippen LogP contribution is 2.32. The fourth-order valence-corrected chi connectivity index (χ4v) is 3.90. The van der Waals surface area contributed by atoms with Gasteiger partial charge in [0.1, 0.15) is 0 Å². The summed E-state index contributed by atoms with van der Waals surface area (Å²) >= 11 is 14.0. The summed E-state index contributed by atoms with van der Waals surface area (Å²) in [6.07, 6.45) is 1.13. The highest BCUT2D eigenvalue weighted by molar-refractivity contribution is 8.13. The Bertz CT molecular complexity index is 538. The molecule has 1 aromatic rings. The zero-order chi connectivity index (χ0) is 15.6. The van der Waals surface area contributed by atoms with Crippen LogP contribution in [0.3, 0.4) is 0 Å². The molecule has 2 rings (SSSR count). The first-order chi connectivity index (χ1) is 9.77. The predicted octanol–water partition coefficient (Wildman–Crippen LogP) is 5.55. The van der Waals surface area contributed by atoms with Crippen LogP contribution in [0.4, 0.5) is 0 Å². The summed E-state index contributed by atoms with van der Waals surface area (Å²) in [6.45, 7) is 8.83. The molecule has 0 radical (unpaired) electrons. The number of aliphatic imine (C=N–C) groups is 1. The third-order valence-corrected chi connectivity index (χ3v) is 5.17. The number of thioether (sulfide) groups is 1. The van der Waals surface area contributed by atoms with E-state index in [-0.39, 0.29) is 11.5 Å². The zero-order valence-electron chi connectivity index (χ0n) is 12.9. The second kappa shape index (κ2) is 6.80. The van der Waals surface area contributed by atoms with Crippen molar-refractivity contribution < 1.29 is 0 Å². The van der Waals surface area contributed by atoms with Crippen LogP contribution in [0, 0.1) is 5.41 Å². The molecule has 0 bridgehead atoms.